The van der Waals surface area contributed by atoms with Gasteiger partial charge in [0.15, 0.2) is 0 Å². The molecule has 1 amide bonds. The number of hydrogen-bond acceptors (Lipinski definition) is 2. The van der Waals surface area contributed by atoms with E-state index in [1.807, 2.05) is 23.2 Å². The van der Waals surface area contributed by atoms with E-state index in [-0.39, 0.29) is 12.5 Å². The summed E-state index contributed by atoms with van der Waals surface area (Å²) in [6.45, 7) is 0.506. The van der Waals surface area contributed by atoms with Crippen molar-refractivity contribution in [3.05, 3.63) is 24.0 Å². The predicted molar refractivity (Wildman–Crippen MR) is 68.5 cm³/mol. The van der Waals surface area contributed by atoms with Gasteiger partial charge in [-0.1, -0.05) is 0 Å². The van der Waals surface area contributed by atoms with Gasteiger partial charge in [0.1, 0.15) is 5.69 Å². The summed E-state index contributed by atoms with van der Waals surface area (Å²) < 4.78 is 2.12. The van der Waals surface area contributed by atoms with Crippen LogP contribution < -0.4 is 0 Å². The molecule has 1 heterocycles. The minimum Gasteiger partial charge on any atom is -0.395 e. The van der Waals surface area contributed by atoms with Gasteiger partial charge in [0.05, 0.1) is 6.61 Å². The average Bonchev–Trinajstić information content (AvgIpc) is 3.03. The van der Waals surface area contributed by atoms with Crippen LogP contribution in [-0.2, 0) is 0 Å². The molecule has 4 nitrogen and oxygen atoms in total. The van der Waals surface area contributed by atoms with Crippen LogP contribution in [-0.4, -0.2) is 39.7 Å². The Hall–Kier alpha value is -1.29. The maximum absolute atomic E-state index is 12.5. The Labute approximate surface area is 107 Å². The Morgan fingerprint density at radius 1 is 1.39 bits per heavy atom. The van der Waals surface area contributed by atoms with Gasteiger partial charge in [-0.05, 0) is 44.2 Å². The van der Waals surface area contributed by atoms with E-state index in [0.29, 0.717) is 18.6 Å². The van der Waals surface area contributed by atoms with Crippen molar-refractivity contribution in [2.45, 2.75) is 44.2 Å². The summed E-state index contributed by atoms with van der Waals surface area (Å²) in [5, 5.41) is 9.09. The van der Waals surface area contributed by atoms with E-state index in [9.17, 15) is 4.79 Å². The van der Waals surface area contributed by atoms with Crippen molar-refractivity contribution in [1.82, 2.24) is 9.47 Å². The van der Waals surface area contributed by atoms with E-state index < -0.39 is 0 Å². The summed E-state index contributed by atoms with van der Waals surface area (Å²) in [7, 11) is 0. The summed E-state index contributed by atoms with van der Waals surface area (Å²) in [4.78, 5) is 14.4. The molecule has 4 heteroatoms. The fraction of sp³-hybridized carbons (Fsp3) is 0.643. The van der Waals surface area contributed by atoms with Gasteiger partial charge in [-0.25, -0.2) is 0 Å². The lowest BCUT2D eigenvalue weighted by Gasteiger charge is -2.30. The third kappa shape index (κ3) is 2.05. The number of aliphatic hydroxyl groups is 1. The van der Waals surface area contributed by atoms with Gasteiger partial charge in [-0.2, -0.15) is 0 Å². The zero-order valence-corrected chi connectivity index (χ0v) is 10.6. The SMILES string of the molecule is O=C(c1cccn1C1CCC1)N(CCO)C1CC1. The van der Waals surface area contributed by atoms with Gasteiger partial charge in [0, 0.05) is 24.8 Å². The largest absolute Gasteiger partial charge is 0.395 e. The first kappa shape index (κ1) is 11.8. The van der Waals surface area contributed by atoms with Gasteiger partial charge < -0.3 is 14.6 Å². The zero-order chi connectivity index (χ0) is 12.5. The highest BCUT2D eigenvalue weighted by atomic mass is 16.3. The topological polar surface area (TPSA) is 45.5 Å². The molecule has 2 saturated carbocycles. The fourth-order valence-corrected chi connectivity index (χ4v) is 2.65. The molecule has 1 aromatic rings. The molecule has 1 N–H and O–H groups in total. The summed E-state index contributed by atoms with van der Waals surface area (Å²) >= 11 is 0. The van der Waals surface area contributed by atoms with Gasteiger partial charge in [-0.15, -0.1) is 0 Å². The van der Waals surface area contributed by atoms with Crippen LogP contribution in [0.2, 0.25) is 0 Å². The number of nitrogens with zero attached hydrogens (tertiary/aromatic N) is 2. The molecule has 2 aliphatic carbocycles. The number of carbonyl (C=O) groups excluding carboxylic acids is 1. The molecule has 3 rings (SSSR count). The van der Waals surface area contributed by atoms with Gasteiger partial charge in [0.2, 0.25) is 0 Å². The summed E-state index contributed by atoms with van der Waals surface area (Å²) in [6, 6.07) is 4.73. The van der Waals surface area contributed by atoms with Gasteiger partial charge in [0.25, 0.3) is 5.91 Å². The molecular weight excluding hydrogens is 228 g/mol. The van der Waals surface area contributed by atoms with E-state index in [0.717, 1.165) is 18.5 Å². The monoisotopic (exact) mass is 248 g/mol. The standard InChI is InChI=1S/C14H20N2O2/c17-10-9-16(12-6-7-12)14(18)13-5-2-8-15(13)11-3-1-4-11/h2,5,8,11-12,17H,1,3-4,6-7,9-10H2. The maximum Gasteiger partial charge on any atom is 0.270 e. The van der Waals surface area contributed by atoms with Crippen LogP contribution in [0.1, 0.15) is 48.6 Å². The number of hydrogen-bond donors (Lipinski definition) is 1. The molecule has 0 atom stereocenters. The molecule has 18 heavy (non-hydrogen) atoms. The van der Waals surface area contributed by atoms with Crippen LogP contribution in [0.4, 0.5) is 0 Å². The number of rotatable bonds is 5. The normalized spacial score (nSPS) is 19.6. The lowest BCUT2D eigenvalue weighted by atomic mass is 9.93. The van der Waals surface area contributed by atoms with Crippen molar-refractivity contribution < 1.29 is 9.90 Å². The average molecular weight is 248 g/mol. The predicted octanol–water partition coefficient (Wildman–Crippen LogP) is 1.81. The lowest BCUT2D eigenvalue weighted by Crippen LogP contribution is -2.37. The highest BCUT2D eigenvalue weighted by Gasteiger charge is 2.34. The number of amides is 1. The molecule has 0 bridgehead atoms. The van der Waals surface area contributed by atoms with E-state index in [1.54, 1.807) is 0 Å². The molecule has 0 unspecified atom stereocenters. The van der Waals surface area contributed by atoms with Crippen LogP contribution >= 0.6 is 0 Å². The Balaban J connectivity index is 1.79. The van der Waals surface area contributed by atoms with Crippen molar-refractivity contribution >= 4 is 5.91 Å². The highest BCUT2D eigenvalue weighted by Crippen LogP contribution is 2.34. The minimum absolute atomic E-state index is 0.0480. The third-order valence-corrected chi connectivity index (χ3v) is 4.06. The van der Waals surface area contributed by atoms with Crippen LogP contribution in [0.5, 0.6) is 0 Å². The number of aromatic nitrogens is 1. The number of aliphatic hydroxyl groups excluding tert-OH is 1. The van der Waals surface area contributed by atoms with E-state index in [4.69, 9.17) is 5.11 Å². The second-order valence-corrected chi connectivity index (χ2v) is 5.34. The van der Waals surface area contributed by atoms with E-state index >= 15 is 0 Å². The van der Waals surface area contributed by atoms with Crippen LogP contribution in [0, 0.1) is 0 Å². The Bertz CT molecular complexity index is 433. The van der Waals surface area contributed by atoms with E-state index in [2.05, 4.69) is 4.57 Å². The first-order valence-corrected chi connectivity index (χ1v) is 6.90. The molecular formula is C14H20N2O2. The van der Waals surface area contributed by atoms with Crippen LogP contribution in [0.3, 0.4) is 0 Å². The zero-order valence-electron chi connectivity index (χ0n) is 10.6. The second kappa shape index (κ2) is 4.76. The first-order valence-electron chi connectivity index (χ1n) is 6.90. The smallest absolute Gasteiger partial charge is 0.270 e. The molecule has 0 aliphatic heterocycles. The van der Waals surface area contributed by atoms with E-state index in [1.165, 1.54) is 19.3 Å². The Morgan fingerprint density at radius 2 is 2.17 bits per heavy atom. The molecule has 0 aromatic carbocycles. The molecule has 2 aliphatic rings. The molecule has 98 valence electrons. The fourth-order valence-electron chi connectivity index (χ4n) is 2.65. The quantitative estimate of drug-likeness (QED) is 0.863. The molecule has 0 spiro atoms. The van der Waals surface area contributed by atoms with Crippen molar-refractivity contribution in [1.29, 1.82) is 0 Å². The van der Waals surface area contributed by atoms with Crippen molar-refractivity contribution in [2.24, 2.45) is 0 Å². The maximum atomic E-state index is 12.5. The Morgan fingerprint density at radius 3 is 2.72 bits per heavy atom. The van der Waals surface area contributed by atoms with Crippen molar-refractivity contribution in [3.63, 3.8) is 0 Å². The van der Waals surface area contributed by atoms with Gasteiger partial charge in [-0.3, -0.25) is 4.79 Å². The Kier molecular flexibility index (Phi) is 3.12. The molecule has 0 saturated heterocycles. The summed E-state index contributed by atoms with van der Waals surface area (Å²) in [6.07, 6.45) is 7.79. The number of carbonyl (C=O) groups is 1. The van der Waals surface area contributed by atoms with Crippen molar-refractivity contribution in [2.75, 3.05) is 13.2 Å². The summed E-state index contributed by atoms with van der Waals surface area (Å²) in [5.74, 6) is 0.0865. The second-order valence-electron chi connectivity index (χ2n) is 5.34. The van der Waals surface area contributed by atoms with Crippen LogP contribution in [0.25, 0.3) is 0 Å². The van der Waals surface area contributed by atoms with Crippen molar-refractivity contribution in [3.8, 4) is 0 Å². The molecule has 0 radical (unpaired) electrons. The molecule has 1 aromatic heterocycles. The van der Waals surface area contributed by atoms with Gasteiger partial charge >= 0.3 is 0 Å². The first-order chi connectivity index (χ1) is 8.81. The minimum atomic E-state index is 0.0480. The summed E-state index contributed by atoms with van der Waals surface area (Å²) in [5.41, 5.74) is 0.792. The third-order valence-electron chi connectivity index (χ3n) is 4.06. The molecule has 2 fully saturated rings. The highest BCUT2D eigenvalue weighted by molar-refractivity contribution is 5.93. The lowest BCUT2D eigenvalue weighted by molar-refractivity contribution is 0.0691. The van der Waals surface area contributed by atoms with Crippen LogP contribution in [0.15, 0.2) is 18.3 Å².